The number of aliphatic hydroxyl groups is 1. The van der Waals surface area contributed by atoms with Crippen molar-refractivity contribution in [1.82, 2.24) is 10.3 Å². The van der Waals surface area contributed by atoms with Crippen molar-refractivity contribution in [3.8, 4) is 0 Å². The number of carbonyl (C=O) groups excluding carboxylic acids is 1. The molecule has 2 aromatic rings. The highest BCUT2D eigenvalue weighted by Crippen LogP contribution is 2.31. The van der Waals surface area contributed by atoms with Crippen molar-refractivity contribution >= 4 is 22.7 Å². The fourth-order valence-electron chi connectivity index (χ4n) is 2.96. The molecule has 1 amide bonds. The first-order chi connectivity index (χ1) is 10.1. The van der Waals surface area contributed by atoms with Gasteiger partial charge in [-0.05, 0) is 25.0 Å². The van der Waals surface area contributed by atoms with E-state index in [0.717, 1.165) is 29.8 Å². The maximum Gasteiger partial charge on any atom is 0.222 e. The summed E-state index contributed by atoms with van der Waals surface area (Å²) in [4.78, 5) is 18.0. The Bertz CT molecular complexity index is 654. The third-order valence-corrected chi connectivity index (χ3v) is 3.98. The first-order valence-corrected chi connectivity index (χ1v) is 7.11. The molecule has 0 aromatic carbocycles. The number of amides is 1. The van der Waals surface area contributed by atoms with Gasteiger partial charge in [0.1, 0.15) is 11.4 Å². The molecular weight excluding hydrogens is 270 g/mol. The lowest BCUT2D eigenvalue weighted by Crippen LogP contribution is -2.50. The maximum atomic E-state index is 11.6. The smallest absolute Gasteiger partial charge is 0.222 e. The maximum absolute atomic E-state index is 11.6. The van der Waals surface area contributed by atoms with Gasteiger partial charge in [-0.15, -0.1) is 0 Å². The van der Waals surface area contributed by atoms with Gasteiger partial charge in [0.05, 0.1) is 23.7 Å². The number of nitrogens with zero attached hydrogens (tertiary/aromatic N) is 2. The third-order valence-electron chi connectivity index (χ3n) is 3.98. The molecule has 1 aliphatic rings. The Morgan fingerprint density at radius 1 is 1.57 bits per heavy atom. The number of hydrogen-bond acceptors (Lipinski definition) is 5. The predicted octanol–water partition coefficient (Wildman–Crippen LogP) is 1.30. The number of pyridine rings is 1. The number of anilines is 1. The Morgan fingerprint density at radius 2 is 2.43 bits per heavy atom. The van der Waals surface area contributed by atoms with E-state index in [9.17, 15) is 9.90 Å². The summed E-state index contributed by atoms with van der Waals surface area (Å²) in [6.07, 6.45) is 4.90. The summed E-state index contributed by atoms with van der Waals surface area (Å²) < 4.78 is 5.39. The Morgan fingerprint density at radius 3 is 3.24 bits per heavy atom. The molecule has 0 radical (unpaired) electrons. The first-order valence-electron chi connectivity index (χ1n) is 7.11. The number of β-amino-alcohol motifs (C(OH)–C–C–N with tert-alkyl or cyclic N) is 1. The second-order valence-corrected chi connectivity index (χ2v) is 5.57. The summed E-state index contributed by atoms with van der Waals surface area (Å²) >= 11 is 0. The number of carbonyl (C=O) groups is 1. The monoisotopic (exact) mass is 289 g/mol. The average molecular weight is 289 g/mol. The number of aromatic nitrogens is 1. The van der Waals surface area contributed by atoms with E-state index in [1.807, 2.05) is 17.0 Å². The number of hydrogen-bond donors (Lipinski definition) is 2. The van der Waals surface area contributed by atoms with Crippen LogP contribution in [0.25, 0.3) is 11.0 Å². The van der Waals surface area contributed by atoms with Crippen molar-refractivity contribution in [3.05, 3.63) is 24.6 Å². The molecule has 6 nitrogen and oxygen atoms in total. The van der Waals surface area contributed by atoms with E-state index in [-0.39, 0.29) is 12.3 Å². The zero-order chi connectivity index (χ0) is 14.9. The Hall–Kier alpha value is -2.08. The quantitative estimate of drug-likeness (QED) is 0.890. The second-order valence-electron chi connectivity index (χ2n) is 5.57. The normalized spacial score (nSPS) is 22.5. The van der Waals surface area contributed by atoms with Crippen LogP contribution in [0.2, 0.25) is 0 Å². The molecule has 1 fully saturated rings. The molecule has 3 rings (SSSR count). The van der Waals surface area contributed by atoms with Crippen LogP contribution in [0.3, 0.4) is 0 Å². The van der Waals surface area contributed by atoms with Crippen LogP contribution in [-0.4, -0.2) is 41.7 Å². The van der Waals surface area contributed by atoms with Crippen molar-refractivity contribution in [3.63, 3.8) is 0 Å². The minimum absolute atomic E-state index is 0.112. The van der Waals surface area contributed by atoms with E-state index in [1.54, 1.807) is 19.5 Å². The highest BCUT2D eigenvalue weighted by atomic mass is 16.3. The molecule has 1 atom stereocenters. The molecule has 0 bridgehead atoms. The van der Waals surface area contributed by atoms with Crippen molar-refractivity contribution in [1.29, 1.82) is 0 Å². The van der Waals surface area contributed by atoms with Gasteiger partial charge < -0.3 is 19.7 Å². The van der Waals surface area contributed by atoms with E-state index in [4.69, 9.17) is 4.42 Å². The van der Waals surface area contributed by atoms with Crippen LogP contribution in [0, 0.1) is 0 Å². The van der Waals surface area contributed by atoms with Gasteiger partial charge in [-0.3, -0.25) is 4.79 Å². The number of piperidine rings is 1. The summed E-state index contributed by atoms with van der Waals surface area (Å²) in [5.41, 5.74) is -0.230. The van der Waals surface area contributed by atoms with Crippen LogP contribution in [-0.2, 0) is 4.79 Å². The number of furan rings is 1. The lowest BCUT2D eigenvalue weighted by Gasteiger charge is -2.39. The summed E-state index contributed by atoms with van der Waals surface area (Å²) in [5.74, 6) is 0.658. The van der Waals surface area contributed by atoms with Gasteiger partial charge >= 0.3 is 0 Å². The van der Waals surface area contributed by atoms with Crippen molar-refractivity contribution in [2.45, 2.75) is 24.9 Å². The number of rotatable bonds is 3. The molecule has 112 valence electrons. The Balaban J connectivity index is 1.86. The summed E-state index contributed by atoms with van der Waals surface area (Å²) in [7, 11) is 1.58. The van der Waals surface area contributed by atoms with Crippen LogP contribution >= 0.6 is 0 Å². The van der Waals surface area contributed by atoms with E-state index in [2.05, 4.69) is 10.3 Å². The lowest BCUT2D eigenvalue weighted by molar-refractivity contribution is -0.125. The van der Waals surface area contributed by atoms with Crippen LogP contribution in [0.15, 0.2) is 29.0 Å². The fourth-order valence-corrected chi connectivity index (χ4v) is 2.96. The first kappa shape index (κ1) is 13.9. The van der Waals surface area contributed by atoms with E-state index in [1.165, 1.54) is 0 Å². The Labute approximate surface area is 122 Å². The second kappa shape index (κ2) is 5.37. The molecule has 1 aliphatic heterocycles. The van der Waals surface area contributed by atoms with Gasteiger partial charge in [-0.1, -0.05) is 0 Å². The number of nitrogens with one attached hydrogen (secondary N) is 1. The lowest BCUT2D eigenvalue weighted by atomic mass is 9.89. The Kier molecular flexibility index (Phi) is 3.55. The van der Waals surface area contributed by atoms with Gasteiger partial charge in [0.2, 0.25) is 5.91 Å². The van der Waals surface area contributed by atoms with Gasteiger partial charge in [0, 0.05) is 26.3 Å². The summed E-state index contributed by atoms with van der Waals surface area (Å²) in [6.45, 7) is 1.21. The average Bonchev–Trinajstić information content (AvgIpc) is 2.95. The topological polar surface area (TPSA) is 78.6 Å². The van der Waals surface area contributed by atoms with Crippen LogP contribution < -0.4 is 10.2 Å². The predicted molar refractivity (Wildman–Crippen MR) is 79.1 cm³/mol. The molecule has 0 aliphatic carbocycles. The minimum atomic E-state index is -1.01. The van der Waals surface area contributed by atoms with Gasteiger partial charge in [-0.25, -0.2) is 4.98 Å². The number of fused-ring (bicyclic) bond motifs is 1. The van der Waals surface area contributed by atoms with Gasteiger partial charge in [0.15, 0.2) is 0 Å². The minimum Gasteiger partial charge on any atom is -0.464 e. The van der Waals surface area contributed by atoms with Crippen molar-refractivity contribution < 1.29 is 14.3 Å². The molecule has 3 heterocycles. The van der Waals surface area contributed by atoms with Gasteiger partial charge in [0.25, 0.3) is 0 Å². The molecular formula is C15H19N3O3. The van der Waals surface area contributed by atoms with Crippen LogP contribution in [0.4, 0.5) is 5.82 Å². The largest absolute Gasteiger partial charge is 0.464 e. The van der Waals surface area contributed by atoms with Crippen LogP contribution in [0.5, 0.6) is 0 Å². The van der Waals surface area contributed by atoms with E-state index < -0.39 is 5.60 Å². The van der Waals surface area contributed by atoms with Crippen LogP contribution in [0.1, 0.15) is 19.3 Å². The fraction of sp³-hybridized carbons (Fsp3) is 0.467. The highest BCUT2D eigenvalue weighted by molar-refractivity contribution is 5.88. The molecule has 0 saturated carbocycles. The molecule has 6 heteroatoms. The molecule has 0 spiro atoms. The van der Waals surface area contributed by atoms with E-state index in [0.29, 0.717) is 13.0 Å². The molecule has 1 unspecified atom stereocenters. The summed E-state index contributed by atoms with van der Waals surface area (Å²) in [5, 5.41) is 14.2. The summed E-state index contributed by atoms with van der Waals surface area (Å²) in [6, 6.07) is 3.70. The SMILES string of the molecule is CNC(=O)CC1(O)CCCN(c2nccc3occc23)C1. The zero-order valence-corrected chi connectivity index (χ0v) is 12.0. The molecule has 2 N–H and O–H groups in total. The standard InChI is InChI=1S/C15H19N3O3/c1-16-13(19)9-15(20)5-2-7-18(10-15)14-11-4-8-21-12(11)3-6-17-14/h3-4,6,8,20H,2,5,7,9-10H2,1H3,(H,16,19). The molecule has 2 aromatic heterocycles. The van der Waals surface area contributed by atoms with Crippen molar-refractivity contribution in [2.75, 3.05) is 25.0 Å². The van der Waals surface area contributed by atoms with Crippen molar-refractivity contribution in [2.24, 2.45) is 0 Å². The molecule has 1 saturated heterocycles. The highest BCUT2D eigenvalue weighted by Gasteiger charge is 2.36. The zero-order valence-electron chi connectivity index (χ0n) is 12.0. The van der Waals surface area contributed by atoms with E-state index >= 15 is 0 Å². The van der Waals surface area contributed by atoms with Gasteiger partial charge in [-0.2, -0.15) is 0 Å². The molecule has 21 heavy (non-hydrogen) atoms. The third kappa shape index (κ3) is 2.71.